The minimum atomic E-state index is -1.53. The van der Waals surface area contributed by atoms with Crippen LogP contribution in [0.25, 0.3) is 0 Å². The molecule has 1 aromatic carbocycles. The predicted molar refractivity (Wildman–Crippen MR) is 72.9 cm³/mol. The number of benzene rings is 1. The van der Waals surface area contributed by atoms with Crippen molar-refractivity contribution >= 4 is 8.32 Å². The van der Waals surface area contributed by atoms with Gasteiger partial charge in [-0.25, -0.2) is 0 Å². The molecule has 2 heteroatoms. The van der Waals surface area contributed by atoms with Gasteiger partial charge in [0.25, 0.3) is 0 Å². The Morgan fingerprint density at radius 1 is 1.25 bits per heavy atom. The van der Waals surface area contributed by atoms with Crippen molar-refractivity contribution in [2.24, 2.45) is 0 Å². The maximum absolute atomic E-state index is 6.01. The highest BCUT2D eigenvalue weighted by Crippen LogP contribution is 2.15. The van der Waals surface area contributed by atoms with Crippen molar-refractivity contribution < 1.29 is 4.43 Å². The molecule has 16 heavy (non-hydrogen) atoms. The van der Waals surface area contributed by atoms with Gasteiger partial charge in [0.15, 0.2) is 0 Å². The Balaban J connectivity index is 2.74. The maximum atomic E-state index is 6.01. The van der Waals surface area contributed by atoms with Crippen LogP contribution >= 0.6 is 0 Å². The minimum Gasteiger partial charge on any atom is -0.547 e. The second-order valence-corrected chi connectivity index (χ2v) is 9.17. The first-order valence-corrected chi connectivity index (χ1v) is 8.96. The summed E-state index contributed by atoms with van der Waals surface area (Å²) in [5.74, 6) is 1.01. The molecular weight excluding hydrogens is 212 g/mol. The molecule has 0 saturated carbocycles. The standard InChI is InChI=1S/C14H20OSi/c1-5-9-14(15-16(2,3)4)12-13-10-7-6-8-11-13/h5-11H,1,12H2,2-4H3/b14-9+. The molecule has 0 radical (unpaired) electrons. The van der Waals surface area contributed by atoms with E-state index >= 15 is 0 Å². The summed E-state index contributed by atoms with van der Waals surface area (Å²) in [5, 5.41) is 0. The lowest BCUT2D eigenvalue weighted by Crippen LogP contribution is -2.25. The molecule has 0 unspecified atom stereocenters. The molecule has 0 heterocycles. The Morgan fingerprint density at radius 3 is 2.38 bits per heavy atom. The summed E-state index contributed by atoms with van der Waals surface area (Å²) in [6.45, 7) is 10.3. The second-order valence-electron chi connectivity index (χ2n) is 4.75. The zero-order chi connectivity index (χ0) is 12.0. The van der Waals surface area contributed by atoms with E-state index < -0.39 is 8.32 Å². The summed E-state index contributed by atoms with van der Waals surface area (Å²) < 4.78 is 6.01. The van der Waals surface area contributed by atoms with Gasteiger partial charge in [0.2, 0.25) is 8.32 Å². The highest BCUT2D eigenvalue weighted by Gasteiger charge is 2.17. The van der Waals surface area contributed by atoms with E-state index in [4.69, 9.17) is 4.43 Å². The lowest BCUT2D eigenvalue weighted by atomic mass is 10.1. The largest absolute Gasteiger partial charge is 0.547 e. The number of allylic oxidation sites excluding steroid dienone is 3. The number of rotatable bonds is 5. The topological polar surface area (TPSA) is 9.23 Å². The molecule has 1 aromatic rings. The van der Waals surface area contributed by atoms with Crippen LogP contribution in [-0.4, -0.2) is 8.32 Å². The number of hydrogen-bond acceptors (Lipinski definition) is 1. The molecule has 0 aromatic heterocycles. The van der Waals surface area contributed by atoms with Crippen LogP contribution in [0.2, 0.25) is 19.6 Å². The van der Waals surface area contributed by atoms with Gasteiger partial charge in [-0.15, -0.1) is 0 Å². The van der Waals surface area contributed by atoms with E-state index in [2.05, 4.69) is 50.5 Å². The molecule has 0 aliphatic carbocycles. The predicted octanol–water partition coefficient (Wildman–Crippen LogP) is 4.15. The Labute approximate surface area is 99.6 Å². The van der Waals surface area contributed by atoms with E-state index in [0.29, 0.717) is 0 Å². The molecule has 86 valence electrons. The van der Waals surface area contributed by atoms with Crippen LogP contribution in [0, 0.1) is 0 Å². The van der Waals surface area contributed by atoms with Gasteiger partial charge in [0.05, 0.1) is 5.76 Å². The van der Waals surface area contributed by atoms with Gasteiger partial charge in [-0.2, -0.15) is 0 Å². The molecule has 1 rings (SSSR count). The zero-order valence-electron chi connectivity index (χ0n) is 10.4. The van der Waals surface area contributed by atoms with Gasteiger partial charge < -0.3 is 4.43 Å². The van der Waals surface area contributed by atoms with Crippen LogP contribution in [0.4, 0.5) is 0 Å². The molecule has 0 N–H and O–H groups in total. The van der Waals surface area contributed by atoms with E-state index in [-0.39, 0.29) is 0 Å². The minimum absolute atomic E-state index is 0.844. The highest BCUT2D eigenvalue weighted by atomic mass is 28.4. The van der Waals surface area contributed by atoms with Crippen LogP contribution in [0.5, 0.6) is 0 Å². The summed E-state index contributed by atoms with van der Waals surface area (Å²) in [6.07, 6.45) is 4.60. The molecule has 0 saturated heterocycles. The van der Waals surface area contributed by atoms with Gasteiger partial charge in [-0.3, -0.25) is 0 Å². The fourth-order valence-corrected chi connectivity index (χ4v) is 2.38. The van der Waals surface area contributed by atoms with Gasteiger partial charge in [-0.1, -0.05) is 43.0 Å². The maximum Gasteiger partial charge on any atom is 0.241 e. The van der Waals surface area contributed by atoms with E-state index in [9.17, 15) is 0 Å². The summed E-state index contributed by atoms with van der Waals surface area (Å²) >= 11 is 0. The second kappa shape index (κ2) is 5.71. The lowest BCUT2D eigenvalue weighted by molar-refractivity contribution is 0.410. The molecule has 0 fully saturated rings. The van der Waals surface area contributed by atoms with Crippen molar-refractivity contribution in [2.45, 2.75) is 26.1 Å². The van der Waals surface area contributed by atoms with Crippen LogP contribution in [0.15, 0.2) is 54.8 Å². The van der Waals surface area contributed by atoms with Crippen molar-refractivity contribution in [2.75, 3.05) is 0 Å². The van der Waals surface area contributed by atoms with Gasteiger partial charge >= 0.3 is 0 Å². The van der Waals surface area contributed by atoms with E-state index in [0.717, 1.165) is 12.2 Å². The third-order valence-corrected chi connectivity index (χ3v) is 2.84. The first-order valence-electron chi connectivity index (χ1n) is 5.56. The van der Waals surface area contributed by atoms with Crippen LogP contribution in [-0.2, 0) is 10.8 Å². The quantitative estimate of drug-likeness (QED) is 0.421. The molecule has 0 bridgehead atoms. The third-order valence-electron chi connectivity index (χ3n) is 1.96. The average molecular weight is 232 g/mol. The van der Waals surface area contributed by atoms with Crippen LogP contribution < -0.4 is 0 Å². The molecule has 0 atom stereocenters. The van der Waals surface area contributed by atoms with Crippen molar-refractivity contribution in [3.8, 4) is 0 Å². The normalized spacial score (nSPS) is 12.3. The Morgan fingerprint density at radius 2 is 1.88 bits per heavy atom. The average Bonchev–Trinajstić information content (AvgIpc) is 2.17. The Hall–Kier alpha value is -1.28. The van der Waals surface area contributed by atoms with Crippen LogP contribution in [0.3, 0.4) is 0 Å². The lowest BCUT2D eigenvalue weighted by Gasteiger charge is -2.21. The van der Waals surface area contributed by atoms with E-state index in [1.165, 1.54) is 5.56 Å². The van der Waals surface area contributed by atoms with Crippen molar-refractivity contribution in [1.29, 1.82) is 0 Å². The summed E-state index contributed by atoms with van der Waals surface area (Å²) in [5.41, 5.74) is 1.27. The van der Waals surface area contributed by atoms with Crippen molar-refractivity contribution in [3.63, 3.8) is 0 Å². The van der Waals surface area contributed by atoms with Crippen molar-refractivity contribution in [1.82, 2.24) is 0 Å². The first-order chi connectivity index (χ1) is 7.51. The molecule has 0 aliphatic heterocycles. The van der Waals surface area contributed by atoms with Crippen LogP contribution in [0.1, 0.15) is 5.56 Å². The molecular formula is C14H20OSi. The fraction of sp³-hybridized carbons (Fsp3) is 0.286. The zero-order valence-corrected chi connectivity index (χ0v) is 11.4. The summed E-state index contributed by atoms with van der Waals surface area (Å²) in [4.78, 5) is 0. The van der Waals surface area contributed by atoms with Gasteiger partial charge in [0.1, 0.15) is 0 Å². The molecule has 0 aliphatic rings. The Kier molecular flexibility index (Phi) is 4.56. The molecule has 1 nitrogen and oxygen atoms in total. The van der Waals surface area contributed by atoms with Gasteiger partial charge in [-0.05, 0) is 31.3 Å². The smallest absolute Gasteiger partial charge is 0.241 e. The van der Waals surface area contributed by atoms with E-state index in [1.807, 2.05) is 12.1 Å². The Bertz CT molecular complexity index is 360. The highest BCUT2D eigenvalue weighted by molar-refractivity contribution is 6.70. The first kappa shape index (κ1) is 12.8. The number of hydrogen-bond donors (Lipinski definition) is 0. The van der Waals surface area contributed by atoms with E-state index in [1.54, 1.807) is 6.08 Å². The fourth-order valence-electron chi connectivity index (χ4n) is 1.45. The summed E-state index contributed by atoms with van der Waals surface area (Å²) in [6, 6.07) is 10.4. The molecule has 0 spiro atoms. The third kappa shape index (κ3) is 4.98. The molecule has 0 amide bonds. The van der Waals surface area contributed by atoms with Crippen molar-refractivity contribution in [3.05, 3.63) is 60.4 Å². The van der Waals surface area contributed by atoms with Gasteiger partial charge in [0, 0.05) is 6.42 Å². The monoisotopic (exact) mass is 232 g/mol. The SMILES string of the molecule is C=C/C=C(\Cc1ccccc1)O[Si](C)(C)C. The summed E-state index contributed by atoms with van der Waals surface area (Å²) in [7, 11) is -1.53.